The number of rotatable bonds is 4. The summed E-state index contributed by atoms with van der Waals surface area (Å²) in [5, 5.41) is 10.0. The lowest BCUT2D eigenvalue weighted by Gasteiger charge is -2.27. The van der Waals surface area contributed by atoms with Gasteiger partial charge in [-0.15, -0.1) is 0 Å². The summed E-state index contributed by atoms with van der Waals surface area (Å²) in [7, 11) is 0. The molecule has 0 radical (unpaired) electrons. The summed E-state index contributed by atoms with van der Waals surface area (Å²) in [6.45, 7) is 11.0. The molecule has 2 N–H and O–H groups in total. The zero-order valence-electron chi connectivity index (χ0n) is 13.6. The summed E-state index contributed by atoms with van der Waals surface area (Å²) in [5.74, 6) is 0. The number of ether oxygens (including phenoxy) is 1. The fourth-order valence-electron chi connectivity index (χ4n) is 2.89. The number of aryl methyl sites for hydroxylation is 1. The highest BCUT2D eigenvalue weighted by atomic mass is 16.5. The quantitative estimate of drug-likeness (QED) is 0.897. The number of nitrogens with one attached hydrogen (secondary N) is 2. The van der Waals surface area contributed by atoms with Crippen LogP contribution < -0.4 is 10.6 Å². The van der Waals surface area contributed by atoms with Crippen molar-refractivity contribution in [3.8, 4) is 0 Å². The lowest BCUT2D eigenvalue weighted by Crippen LogP contribution is -2.47. The molecule has 0 bridgehead atoms. The molecule has 0 aromatic carbocycles. The van der Waals surface area contributed by atoms with E-state index in [4.69, 9.17) is 4.74 Å². The van der Waals surface area contributed by atoms with Crippen molar-refractivity contribution in [1.82, 2.24) is 15.1 Å². The van der Waals surface area contributed by atoms with Gasteiger partial charge in [0.2, 0.25) is 0 Å². The average molecular weight is 294 g/mol. The smallest absolute Gasteiger partial charge is 0.319 e. The summed E-state index contributed by atoms with van der Waals surface area (Å²) in [6.07, 6.45) is 5.30. The highest BCUT2D eigenvalue weighted by molar-refractivity contribution is 5.89. The third-order valence-electron chi connectivity index (χ3n) is 3.72. The van der Waals surface area contributed by atoms with Crippen LogP contribution in [0.25, 0.3) is 0 Å². The second kappa shape index (κ2) is 5.67. The van der Waals surface area contributed by atoms with E-state index in [1.807, 2.05) is 38.6 Å². The van der Waals surface area contributed by atoms with Gasteiger partial charge in [0.05, 0.1) is 29.1 Å². The molecule has 0 unspecified atom stereocenters. The van der Waals surface area contributed by atoms with Crippen molar-refractivity contribution in [1.29, 1.82) is 0 Å². The zero-order valence-corrected chi connectivity index (χ0v) is 13.6. The Balaban J connectivity index is 1.92. The standard InChI is InChI=1S/C15H26N4O2/c1-6-7-19-10-11(9-16-19)17-13(20)18-12-8-14(2,3)21-15(12,4)5/h9-10,12H,6-8H2,1-5H3,(H2,17,18,20)/t12-/m1/s1. The molecule has 6 nitrogen and oxygen atoms in total. The summed E-state index contributed by atoms with van der Waals surface area (Å²) in [4.78, 5) is 12.1. The average Bonchev–Trinajstić information content (AvgIpc) is 2.81. The topological polar surface area (TPSA) is 68.2 Å². The van der Waals surface area contributed by atoms with E-state index in [-0.39, 0.29) is 23.3 Å². The molecule has 0 spiro atoms. The second-order valence-electron chi connectivity index (χ2n) is 6.81. The van der Waals surface area contributed by atoms with Crippen molar-refractivity contribution in [2.45, 2.75) is 71.2 Å². The lowest BCUT2D eigenvalue weighted by molar-refractivity contribution is -0.0689. The second-order valence-corrected chi connectivity index (χ2v) is 6.81. The molecule has 6 heteroatoms. The molecule has 0 aliphatic carbocycles. The zero-order chi connectivity index (χ0) is 15.7. The fraction of sp³-hybridized carbons (Fsp3) is 0.733. The van der Waals surface area contributed by atoms with Gasteiger partial charge in [-0.3, -0.25) is 4.68 Å². The maximum absolute atomic E-state index is 12.1. The monoisotopic (exact) mass is 294 g/mol. The molecular formula is C15H26N4O2. The van der Waals surface area contributed by atoms with Crippen molar-refractivity contribution in [2.75, 3.05) is 5.32 Å². The maximum atomic E-state index is 12.1. The van der Waals surface area contributed by atoms with Crippen molar-refractivity contribution in [3.63, 3.8) is 0 Å². The van der Waals surface area contributed by atoms with Crippen LogP contribution in [0.5, 0.6) is 0 Å². The minimum Gasteiger partial charge on any atom is -0.367 e. The van der Waals surface area contributed by atoms with Crippen molar-refractivity contribution in [3.05, 3.63) is 12.4 Å². The van der Waals surface area contributed by atoms with Gasteiger partial charge in [-0.2, -0.15) is 5.10 Å². The van der Waals surface area contributed by atoms with Gasteiger partial charge in [-0.1, -0.05) is 6.92 Å². The van der Waals surface area contributed by atoms with E-state index < -0.39 is 0 Å². The molecule has 1 fully saturated rings. The number of urea groups is 1. The molecule has 1 aliphatic rings. The van der Waals surface area contributed by atoms with Crippen LogP contribution in [0.2, 0.25) is 0 Å². The van der Waals surface area contributed by atoms with Gasteiger partial charge >= 0.3 is 6.03 Å². The number of nitrogens with zero attached hydrogens (tertiary/aromatic N) is 2. The Bertz CT molecular complexity index is 508. The first-order valence-electron chi connectivity index (χ1n) is 7.52. The van der Waals surface area contributed by atoms with Crippen LogP contribution in [0.4, 0.5) is 10.5 Å². The van der Waals surface area contributed by atoms with Gasteiger partial charge in [0, 0.05) is 12.7 Å². The molecule has 21 heavy (non-hydrogen) atoms. The van der Waals surface area contributed by atoms with E-state index >= 15 is 0 Å². The van der Waals surface area contributed by atoms with Gasteiger partial charge in [-0.25, -0.2) is 4.79 Å². The van der Waals surface area contributed by atoms with Gasteiger partial charge in [-0.05, 0) is 40.5 Å². The summed E-state index contributed by atoms with van der Waals surface area (Å²) < 4.78 is 7.80. The maximum Gasteiger partial charge on any atom is 0.319 e. The SMILES string of the molecule is CCCn1cc(NC(=O)N[C@@H]2CC(C)(C)OC2(C)C)cn1. The number of aromatic nitrogens is 2. The van der Waals surface area contributed by atoms with Crippen molar-refractivity contribution >= 4 is 11.7 Å². The number of amides is 2. The molecular weight excluding hydrogens is 268 g/mol. The molecule has 1 aliphatic heterocycles. The van der Waals surface area contributed by atoms with E-state index in [2.05, 4.69) is 22.7 Å². The third kappa shape index (κ3) is 3.97. The van der Waals surface area contributed by atoms with E-state index in [1.54, 1.807) is 6.20 Å². The predicted molar refractivity (Wildman–Crippen MR) is 82.3 cm³/mol. The highest BCUT2D eigenvalue weighted by Gasteiger charge is 2.46. The molecule has 2 rings (SSSR count). The van der Waals surface area contributed by atoms with Crippen LogP contribution in [0, 0.1) is 0 Å². The van der Waals surface area contributed by atoms with Crippen LogP contribution in [-0.4, -0.2) is 33.1 Å². The van der Waals surface area contributed by atoms with Gasteiger partial charge in [0.15, 0.2) is 0 Å². The Morgan fingerprint density at radius 2 is 2.19 bits per heavy atom. The highest BCUT2D eigenvalue weighted by Crippen LogP contribution is 2.37. The molecule has 1 atom stereocenters. The minimum absolute atomic E-state index is 0.0156. The number of anilines is 1. The van der Waals surface area contributed by atoms with E-state index in [1.165, 1.54) is 0 Å². The predicted octanol–water partition coefficient (Wildman–Crippen LogP) is 2.76. The van der Waals surface area contributed by atoms with Crippen molar-refractivity contribution < 1.29 is 9.53 Å². The number of hydrogen-bond acceptors (Lipinski definition) is 3. The van der Waals surface area contributed by atoms with Crippen molar-refractivity contribution in [2.24, 2.45) is 0 Å². The summed E-state index contributed by atoms with van der Waals surface area (Å²) in [6, 6.07) is -0.233. The Kier molecular flexibility index (Phi) is 4.27. The Labute approximate surface area is 126 Å². The first kappa shape index (κ1) is 15.8. The fourth-order valence-corrected chi connectivity index (χ4v) is 2.89. The normalized spacial score (nSPS) is 23.0. The Morgan fingerprint density at radius 3 is 2.76 bits per heavy atom. The molecule has 2 amide bonds. The van der Waals surface area contributed by atoms with Gasteiger partial charge in [0.1, 0.15) is 0 Å². The Morgan fingerprint density at radius 1 is 1.48 bits per heavy atom. The van der Waals surface area contributed by atoms with E-state index in [9.17, 15) is 4.79 Å². The van der Waals surface area contributed by atoms with E-state index in [0.29, 0.717) is 5.69 Å². The third-order valence-corrected chi connectivity index (χ3v) is 3.72. The van der Waals surface area contributed by atoms with Crippen LogP contribution in [0.3, 0.4) is 0 Å². The molecule has 0 saturated carbocycles. The number of carbonyl (C=O) groups excluding carboxylic acids is 1. The molecule has 1 saturated heterocycles. The number of hydrogen-bond donors (Lipinski definition) is 2. The van der Waals surface area contributed by atoms with Crippen LogP contribution >= 0.6 is 0 Å². The largest absolute Gasteiger partial charge is 0.367 e. The van der Waals surface area contributed by atoms with E-state index in [0.717, 1.165) is 19.4 Å². The first-order chi connectivity index (χ1) is 9.72. The summed E-state index contributed by atoms with van der Waals surface area (Å²) >= 11 is 0. The first-order valence-corrected chi connectivity index (χ1v) is 7.52. The van der Waals surface area contributed by atoms with Crippen LogP contribution in [-0.2, 0) is 11.3 Å². The van der Waals surface area contributed by atoms with Gasteiger partial charge < -0.3 is 15.4 Å². The Hall–Kier alpha value is -1.56. The lowest BCUT2D eigenvalue weighted by atomic mass is 9.95. The summed E-state index contributed by atoms with van der Waals surface area (Å²) in [5.41, 5.74) is 0.123. The molecule has 1 aromatic rings. The minimum atomic E-state index is -0.368. The van der Waals surface area contributed by atoms with Crippen LogP contribution in [0.15, 0.2) is 12.4 Å². The molecule has 2 heterocycles. The van der Waals surface area contributed by atoms with Gasteiger partial charge in [0.25, 0.3) is 0 Å². The van der Waals surface area contributed by atoms with Crippen LogP contribution in [0.1, 0.15) is 47.5 Å². The molecule has 118 valence electrons. The number of carbonyl (C=O) groups is 1. The molecule has 1 aromatic heterocycles.